The van der Waals surface area contributed by atoms with E-state index in [-0.39, 0.29) is 0 Å². The molecule has 4 heteroatoms. The summed E-state index contributed by atoms with van der Waals surface area (Å²) in [5.41, 5.74) is 13.1. The van der Waals surface area contributed by atoms with Crippen molar-refractivity contribution in [3.05, 3.63) is 218 Å². The van der Waals surface area contributed by atoms with Crippen LogP contribution in [-0.4, -0.2) is 4.57 Å². The second-order valence-electron chi connectivity index (χ2n) is 16.1. The third-order valence-corrected chi connectivity index (χ3v) is 13.8. The molecule has 0 aliphatic carbocycles. The average Bonchev–Trinajstić information content (AvgIpc) is 4.01. The monoisotopic (exact) mass is 808 g/mol. The summed E-state index contributed by atoms with van der Waals surface area (Å²) in [6.45, 7) is 0. The lowest BCUT2D eigenvalue weighted by atomic mass is 9.98. The molecule has 13 rings (SSSR count). The third kappa shape index (κ3) is 5.37. The summed E-state index contributed by atoms with van der Waals surface area (Å²) in [4.78, 5) is 2.44. The molecule has 3 aromatic heterocycles. The van der Waals surface area contributed by atoms with Crippen LogP contribution in [0.15, 0.2) is 223 Å². The quantitative estimate of drug-likeness (QED) is 0.167. The molecular formula is C58H36N2OS. The Hall–Kier alpha value is -7.92. The minimum Gasteiger partial charge on any atom is -0.455 e. The van der Waals surface area contributed by atoms with Gasteiger partial charge in [0.2, 0.25) is 0 Å². The summed E-state index contributed by atoms with van der Waals surface area (Å²) in [7, 11) is 0. The van der Waals surface area contributed by atoms with Crippen LogP contribution < -0.4 is 4.90 Å². The second kappa shape index (κ2) is 13.8. The topological polar surface area (TPSA) is 21.3 Å². The lowest BCUT2D eigenvalue weighted by Crippen LogP contribution is -2.10. The summed E-state index contributed by atoms with van der Waals surface area (Å²) in [6.07, 6.45) is 0. The van der Waals surface area contributed by atoms with Crippen LogP contribution in [0.1, 0.15) is 0 Å². The van der Waals surface area contributed by atoms with Gasteiger partial charge in [-0.25, -0.2) is 0 Å². The molecule has 62 heavy (non-hydrogen) atoms. The Balaban J connectivity index is 1.09. The molecule has 290 valence electrons. The SMILES string of the molecule is c1cc(-c2cccc3c2oc2ccccc23)cc(N(c2ccc3ccccc3c2)c2cc(-c3ccccc3-n3c4ccccc4c4ccccc43)c3sc4ccccc4c3c2)c1. The van der Waals surface area contributed by atoms with Crippen molar-refractivity contribution >= 4 is 103 Å². The number of fused-ring (bicyclic) bond motifs is 10. The predicted molar refractivity (Wildman–Crippen MR) is 264 cm³/mol. The number of rotatable bonds is 6. The van der Waals surface area contributed by atoms with Crippen LogP contribution in [0.4, 0.5) is 17.1 Å². The van der Waals surface area contributed by atoms with Crippen LogP contribution in [0.2, 0.25) is 0 Å². The Morgan fingerprint density at radius 2 is 1.03 bits per heavy atom. The Morgan fingerprint density at radius 3 is 1.89 bits per heavy atom. The van der Waals surface area contributed by atoms with Gasteiger partial charge >= 0.3 is 0 Å². The van der Waals surface area contributed by atoms with E-state index in [1.807, 2.05) is 17.4 Å². The molecule has 3 heterocycles. The number of benzene rings is 10. The fraction of sp³-hybridized carbons (Fsp3) is 0. The van der Waals surface area contributed by atoms with E-state index in [0.29, 0.717) is 0 Å². The van der Waals surface area contributed by atoms with E-state index in [1.165, 1.54) is 63.9 Å². The van der Waals surface area contributed by atoms with Crippen molar-refractivity contribution in [1.82, 2.24) is 4.57 Å². The van der Waals surface area contributed by atoms with Crippen LogP contribution in [0.25, 0.3) is 103 Å². The molecule has 0 unspecified atom stereocenters. The minimum absolute atomic E-state index is 0.897. The van der Waals surface area contributed by atoms with E-state index in [4.69, 9.17) is 4.42 Å². The molecule has 0 bridgehead atoms. The minimum atomic E-state index is 0.897. The molecule has 0 atom stereocenters. The van der Waals surface area contributed by atoms with Gasteiger partial charge in [-0.15, -0.1) is 11.3 Å². The van der Waals surface area contributed by atoms with Gasteiger partial charge in [0.15, 0.2) is 0 Å². The van der Waals surface area contributed by atoms with Gasteiger partial charge in [0.05, 0.1) is 16.7 Å². The maximum Gasteiger partial charge on any atom is 0.143 e. The Bertz CT molecular complexity index is 3850. The Kier molecular flexibility index (Phi) is 7.78. The molecule has 0 amide bonds. The molecule has 10 aromatic carbocycles. The van der Waals surface area contributed by atoms with Gasteiger partial charge in [-0.3, -0.25) is 0 Å². The number of hydrogen-bond donors (Lipinski definition) is 0. The molecule has 13 aromatic rings. The van der Waals surface area contributed by atoms with E-state index in [9.17, 15) is 0 Å². The predicted octanol–water partition coefficient (Wildman–Crippen LogP) is 17.0. The van der Waals surface area contributed by atoms with Crippen LogP contribution in [0, 0.1) is 0 Å². The van der Waals surface area contributed by atoms with E-state index >= 15 is 0 Å². The highest BCUT2D eigenvalue weighted by Gasteiger charge is 2.23. The summed E-state index contributed by atoms with van der Waals surface area (Å²) >= 11 is 1.87. The zero-order valence-electron chi connectivity index (χ0n) is 33.5. The zero-order valence-corrected chi connectivity index (χ0v) is 34.3. The molecule has 3 nitrogen and oxygen atoms in total. The first-order chi connectivity index (χ1) is 30.7. The van der Waals surface area contributed by atoms with Crippen LogP contribution in [0.3, 0.4) is 0 Å². The first-order valence-corrected chi connectivity index (χ1v) is 21.9. The second-order valence-corrected chi connectivity index (χ2v) is 17.1. The zero-order chi connectivity index (χ0) is 40.7. The van der Waals surface area contributed by atoms with Crippen molar-refractivity contribution in [1.29, 1.82) is 0 Å². The third-order valence-electron chi connectivity index (χ3n) is 12.5. The maximum absolute atomic E-state index is 6.58. The summed E-state index contributed by atoms with van der Waals surface area (Å²) in [5.74, 6) is 0. The number of thiophene rings is 1. The lowest BCUT2D eigenvalue weighted by Gasteiger charge is -2.27. The van der Waals surface area contributed by atoms with Gasteiger partial charge in [0, 0.05) is 75.5 Å². The van der Waals surface area contributed by atoms with Crippen molar-refractivity contribution in [2.75, 3.05) is 4.90 Å². The highest BCUT2D eigenvalue weighted by molar-refractivity contribution is 7.26. The van der Waals surface area contributed by atoms with Crippen molar-refractivity contribution < 1.29 is 4.42 Å². The smallest absolute Gasteiger partial charge is 0.143 e. The fourth-order valence-corrected chi connectivity index (χ4v) is 11.0. The average molecular weight is 809 g/mol. The molecule has 0 aliphatic rings. The number of furan rings is 1. The molecule has 0 N–H and O–H groups in total. The van der Waals surface area contributed by atoms with Crippen molar-refractivity contribution in [3.63, 3.8) is 0 Å². The molecule has 0 fully saturated rings. The van der Waals surface area contributed by atoms with Crippen LogP contribution in [0.5, 0.6) is 0 Å². The number of anilines is 3. The number of hydrogen-bond acceptors (Lipinski definition) is 3. The number of nitrogens with zero attached hydrogens (tertiary/aromatic N) is 2. The van der Waals surface area contributed by atoms with Crippen molar-refractivity contribution in [3.8, 4) is 27.9 Å². The van der Waals surface area contributed by atoms with E-state index in [1.54, 1.807) is 0 Å². The van der Waals surface area contributed by atoms with E-state index in [0.717, 1.165) is 55.8 Å². The van der Waals surface area contributed by atoms with Gasteiger partial charge in [-0.2, -0.15) is 0 Å². The molecule has 0 spiro atoms. The first kappa shape index (κ1) is 34.9. The number of para-hydroxylation sites is 5. The van der Waals surface area contributed by atoms with Gasteiger partial charge in [-0.05, 0) is 83.1 Å². The van der Waals surface area contributed by atoms with E-state index < -0.39 is 0 Å². The van der Waals surface area contributed by atoms with E-state index in [2.05, 4.69) is 222 Å². The largest absolute Gasteiger partial charge is 0.455 e. The summed E-state index contributed by atoms with van der Waals surface area (Å²) in [5, 5.41) is 9.65. The highest BCUT2D eigenvalue weighted by atomic mass is 32.1. The molecule has 0 aliphatic heterocycles. The molecule has 0 saturated heterocycles. The molecular weight excluding hydrogens is 773 g/mol. The van der Waals surface area contributed by atoms with Crippen molar-refractivity contribution in [2.45, 2.75) is 0 Å². The summed E-state index contributed by atoms with van der Waals surface area (Å²) < 4.78 is 11.6. The van der Waals surface area contributed by atoms with Crippen LogP contribution in [-0.2, 0) is 0 Å². The van der Waals surface area contributed by atoms with Gasteiger partial charge in [-0.1, -0.05) is 152 Å². The summed E-state index contributed by atoms with van der Waals surface area (Å²) in [6, 6.07) is 79.3. The Morgan fingerprint density at radius 1 is 0.387 bits per heavy atom. The fourth-order valence-electron chi connectivity index (χ4n) is 9.77. The first-order valence-electron chi connectivity index (χ1n) is 21.1. The van der Waals surface area contributed by atoms with Crippen molar-refractivity contribution in [2.24, 2.45) is 0 Å². The van der Waals surface area contributed by atoms with Gasteiger partial charge < -0.3 is 13.9 Å². The number of aromatic nitrogens is 1. The van der Waals surface area contributed by atoms with Crippen LogP contribution >= 0.6 is 11.3 Å². The molecule has 0 saturated carbocycles. The van der Waals surface area contributed by atoms with Gasteiger partial charge in [0.1, 0.15) is 11.2 Å². The van der Waals surface area contributed by atoms with Gasteiger partial charge in [0.25, 0.3) is 0 Å². The normalized spacial score (nSPS) is 11.9. The highest BCUT2D eigenvalue weighted by Crippen LogP contribution is 2.48. The standard InChI is InChI=1S/C58H36N2OS/c1-2-16-38-33-41(32-31-37(38)15-1)59(40-18-13-17-39(34-40)43-24-14-25-49-47-22-6-11-29-55(47)61-57(43)49)42-35-50(58-51(36-42)48-23-7-12-30-56(48)62-58)46-21-5-10-28-54(46)60-52-26-8-3-19-44(52)45-20-4-9-27-53(45)60/h1-36H. The molecule has 0 radical (unpaired) electrons. The Labute approximate surface area is 361 Å². The lowest BCUT2D eigenvalue weighted by molar-refractivity contribution is 0.670. The maximum atomic E-state index is 6.58.